The second-order valence-corrected chi connectivity index (χ2v) is 9.47. The molecule has 3 N–H and O–H groups in total. The lowest BCUT2D eigenvalue weighted by atomic mass is 9.84. The molecule has 4 rings (SSSR count). The van der Waals surface area contributed by atoms with Crippen molar-refractivity contribution in [3.05, 3.63) is 24.3 Å². The van der Waals surface area contributed by atoms with E-state index in [1.54, 1.807) is 4.90 Å². The highest BCUT2D eigenvalue weighted by atomic mass is 32.2. The molecule has 0 saturated carbocycles. The first-order chi connectivity index (χ1) is 12.4. The average molecular weight is 378 g/mol. The standard InChI is InChI=1S/C17H22N4O4S/c22-15-17(20-14-4-2-1-3-13(14)19-15)6-8-21(9-7-17)16(23)18-12-5-10-26(24,25)11-12/h1-4,12,20H,5-11H2,(H,18,23)(H,19,22). The van der Waals surface area contributed by atoms with Crippen molar-refractivity contribution < 1.29 is 18.0 Å². The van der Waals surface area contributed by atoms with Crippen molar-refractivity contribution in [2.45, 2.75) is 30.8 Å². The van der Waals surface area contributed by atoms with E-state index in [1.165, 1.54) is 0 Å². The van der Waals surface area contributed by atoms with Gasteiger partial charge in [-0.15, -0.1) is 0 Å². The van der Waals surface area contributed by atoms with Gasteiger partial charge in [-0.1, -0.05) is 12.1 Å². The summed E-state index contributed by atoms with van der Waals surface area (Å²) >= 11 is 0. The van der Waals surface area contributed by atoms with Gasteiger partial charge in [0.2, 0.25) is 5.91 Å². The summed E-state index contributed by atoms with van der Waals surface area (Å²) < 4.78 is 23.0. The Labute approximate surface area is 152 Å². The lowest BCUT2D eigenvalue weighted by Crippen LogP contribution is -2.60. The molecule has 1 aromatic rings. The van der Waals surface area contributed by atoms with Crippen LogP contribution in [0.4, 0.5) is 16.2 Å². The van der Waals surface area contributed by atoms with Crippen molar-refractivity contribution in [3.63, 3.8) is 0 Å². The van der Waals surface area contributed by atoms with Crippen LogP contribution < -0.4 is 16.0 Å². The van der Waals surface area contributed by atoms with Crippen molar-refractivity contribution in [3.8, 4) is 0 Å². The molecule has 0 radical (unpaired) electrons. The van der Waals surface area contributed by atoms with E-state index >= 15 is 0 Å². The van der Waals surface area contributed by atoms with Gasteiger partial charge in [-0.3, -0.25) is 4.79 Å². The van der Waals surface area contributed by atoms with E-state index in [1.807, 2.05) is 24.3 Å². The van der Waals surface area contributed by atoms with Crippen LogP contribution in [-0.2, 0) is 14.6 Å². The summed E-state index contributed by atoms with van der Waals surface area (Å²) in [5.74, 6) is 0.0695. The summed E-state index contributed by atoms with van der Waals surface area (Å²) in [6.07, 6.45) is 1.47. The highest BCUT2D eigenvalue weighted by Gasteiger charge is 2.45. The fourth-order valence-electron chi connectivity index (χ4n) is 3.88. The Morgan fingerprint density at radius 1 is 1.19 bits per heavy atom. The molecule has 1 atom stereocenters. The largest absolute Gasteiger partial charge is 0.369 e. The van der Waals surface area contributed by atoms with E-state index in [-0.39, 0.29) is 29.5 Å². The average Bonchev–Trinajstić information content (AvgIpc) is 2.95. The Kier molecular flexibility index (Phi) is 4.06. The van der Waals surface area contributed by atoms with E-state index in [0.29, 0.717) is 32.4 Å². The number of nitrogens with one attached hydrogen (secondary N) is 3. The third kappa shape index (κ3) is 3.11. The van der Waals surface area contributed by atoms with Gasteiger partial charge in [0.15, 0.2) is 9.84 Å². The number of anilines is 2. The second kappa shape index (κ2) is 6.15. The van der Waals surface area contributed by atoms with Crippen LogP contribution in [0.2, 0.25) is 0 Å². The van der Waals surface area contributed by atoms with Crippen LogP contribution in [0.15, 0.2) is 24.3 Å². The van der Waals surface area contributed by atoms with E-state index in [4.69, 9.17) is 0 Å². The molecule has 140 valence electrons. The SMILES string of the molecule is O=C(NC1CCS(=O)(=O)C1)N1CCC2(CC1)Nc1ccccc1NC2=O. The predicted molar refractivity (Wildman–Crippen MR) is 97.8 cm³/mol. The Bertz CT molecular complexity index is 846. The number of urea groups is 1. The molecule has 0 aliphatic carbocycles. The summed E-state index contributed by atoms with van der Waals surface area (Å²) in [7, 11) is -3.03. The van der Waals surface area contributed by atoms with Crippen LogP contribution in [-0.4, -0.2) is 61.4 Å². The minimum Gasteiger partial charge on any atom is -0.369 e. The molecular formula is C17H22N4O4S. The number of hydrogen-bond donors (Lipinski definition) is 3. The van der Waals surface area contributed by atoms with Crippen LogP contribution in [0, 0.1) is 0 Å². The highest BCUT2D eigenvalue weighted by molar-refractivity contribution is 7.91. The highest BCUT2D eigenvalue weighted by Crippen LogP contribution is 2.36. The molecule has 3 heterocycles. The van der Waals surface area contributed by atoms with Crippen LogP contribution in [0.1, 0.15) is 19.3 Å². The molecule has 3 amide bonds. The number of para-hydroxylation sites is 2. The maximum Gasteiger partial charge on any atom is 0.317 e. The number of rotatable bonds is 1. The monoisotopic (exact) mass is 378 g/mol. The Morgan fingerprint density at radius 3 is 2.54 bits per heavy atom. The zero-order valence-corrected chi connectivity index (χ0v) is 15.1. The molecule has 8 nitrogen and oxygen atoms in total. The first-order valence-electron chi connectivity index (χ1n) is 8.81. The molecule has 1 spiro atoms. The lowest BCUT2D eigenvalue weighted by Gasteiger charge is -2.44. The third-order valence-corrected chi connectivity index (χ3v) is 7.22. The Balaban J connectivity index is 1.38. The van der Waals surface area contributed by atoms with Crippen molar-refractivity contribution in [2.75, 3.05) is 35.2 Å². The molecule has 3 aliphatic rings. The molecule has 1 aromatic carbocycles. The van der Waals surface area contributed by atoms with Gasteiger partial charge in [0.25, 0.3) is 0 Å². The number of carbonyl (C=O) groups excluding carboxylic acids is 2. The quantitative estimate of drug-likeness (QED) is 0.669. The zero-order valence-electron chi connectivity index (χ0n) is 14.3. The maximum atomic E-state index is 12.6. The maximum absolute atomic E-state index is 12.6. The number of sulfone groups is 1. The van der Waals surface area contributed by atoms with Gasteiger partial charge in [-0.2, -0.15) is 0 Å². The van der Waals surface area contributed by atoms with Gasteiger partial charge < -0.3 is 20.9 Å². The van der Waals surface area contributed by atoms with Crippen LogP contribution in [0.5, 0.6) is 0 Å². The number of likely N-dealkylation sites (tertiary alicyclic amines) is 1. The Morgan fingerprint density at radius 2 is 1.88 bits per heavy atom. The van der Waals surface area contributed by atoms with Crippen molar-refractivity contribution >= 4 is 33.2 Å². The minimum absolute atomic E-state index is 0.0112. The molecule has 9 heteroatoms. The van der Waals surface area contributed by atoms with Crippen LogP contribution >= 0.6 is 0 Å². The summed E-state index contributed by atoms with van der Waals surface area (Å²) in [4.78, 5) is 26.7. The van der Waals surface area contributed by atoms with Gasteiger partial charge in [-0.05, 0) is 31.4 Å². The van der Waals surface area contributed by atoms with Gasteiger partial charge in [0.05, 0.1) is 22.9 Å². The summed E-state index contributed by atoms with van der Waals surface area (Å²) in [6.45, 7) is 0.877. The van der Waals surface area contributed by atoms with E-state index < -0.39 is 15.4 Å². The van der Waals surface area contributed by atoms with Gasteiger partial charge in [0, 0.05) is 19.1 Å². The lowest BCUT2D eigenvalue weighted by molar-refractivity contribution is -0.121. The fraction of sp³-hybridized carbons (Fsp3) is 0.529. The first kappa shape index (κ1) is 17.1. The van der Waals surface area contributed by atoms with E-state index in [0.717, 1.165) is 11.4 Å². The van der Waals surface area contributed by atoms with Gasteiger partial charge in [0.1, 0.15) is 5.54 Å². The molecule has 2 fully saturated rings. The van der Waals surface area contributed by atoms with Crippen LogP contribution in [0.25, 0.3) is 0 Å². The molecule has 2 saturated heterocycles. The molecule has 0 bridgehead atoms. The van der Waals surface area contributed by atoms with Crippen molar-refractivity contribution in [1.82, 2.24) is 10.2 Å². The molecule has 1 unspecified atom stereocenters. The Hall–Kier alpha value is -2.29. The van der Waals surface area contributed by atoms with Gasteiger partial charge in [-0.25, -0.2) is 13.2 Å². The normalized spacial score (nSPS) is 25.9. The van der Waals surface area contributed by atoms with Crippen LogP contribution in [0.3, 0.4) is 0 Å². The zero-order chi connectivity index (χ0) is 18.4. The first-order valence-corrected chi connectivity index (χ1v) is 10.6. The van der Waals surface area contributed by atoms with E-state index in [9.17, 15) is 18.0 Å². The van der Waals surface area contributed by atoms with Crippen molar-refractivity contribution in [1.29, 1.82) is 0 Å². The number of fused-ring (bicyclic) bond motifs is 1. The number of carbonyl (C=O) groups is 2. The van der Waals surface area contributed by atoms with Gasteiger partial charge >= 0.3 is 6.03 Å². The number of benzene rings is 1. The number of amides is 3. The topological polar surface area (TPSA) is 108 Å². The second-order valence-electron chi connectivity index (χ2n) is 7.24. The summed E-state index contributed by atoms with van der Waals surface area (Å²) in [5.41, 5.74) is 0.953. The van der Waals surface area contributed by atoms with Crippen molar-refractivity contribution in [2.24, 2.45) is 0 Å². The third-order valence-electron chi connectivity index (χ3n) is 5.45. The molecular weight excluding hydrogens is 356 g/mol. The molecule has 3 aliphatic heterocycles. The smallest absolute Gasteiger partial charge is 0.317 e. The summed E-state index contributed by atoms with van der Waals surface area (Å²) in [6, 6.07) is 7.00. The fourth-order valence-corrected chi connectivity index (χ4v) is 5.55. The minimum atomic E-state index is -3.03. The molecule has 26 heavy (non-hydrogen) atoms. The predicted octanol–water partition coefficient (Wildman–Crippen LogP) is 0.782. The number of piperidine rings is 1. The number of hydrogen-bond acceptors (Lipinski definition) is 5. The van der Waals surface area contributed by atoms with E-state index in [2.05, 4.69) is 16.0 Å². The number of nitrogens with zero attached hydrogens (tertiary/aromatic N) is 1. The summed E-state index contributed by atoms with van der Waals surface area (Å²) in [5, 5.41) is 9.11. The molecule has 0 aromatic heterocycles.